The molecular weight excluding hydrogens is 276 g/mol. The van der Waals surface area contributed by atoms with Crippen LogP contribution in [0.25, 0.3) is 21.9 Å². The highest BCUT2D eigenvalue weighted by Gasteiger charge is 2.24. The Labute approximate surface area is 118 Å². The van der Waals surface area contributed by atoms with Gasteiger partial charge in [-0.15, -0.1) is 0 Å². The molecule has 0 aliphatic carbocycles. The number of rotatable bonds is 1. The third-order valence-electron chi connectivity index (χ3n) is 3.42. The Bertz CT molecular complexity index is 944. The van der Waals surface area contributed by atoms with Gasteiger partial charge in [0, 0.05) is 17.7 Å². The van der Waals surface area contributed by atoms with Crippen LogP contribution in [0.1, 0.15) is 21.7 Å². The number of hydrogen-bond donors (Lipinski definition) is 1. The Balaban J connectivity index is 2.62. The molecule has 0 amide bonds. The molecule has 21 heavy (non-hydrogen) atoms. The number of methoxy groups -OCH3 is 1. The van der Waals surface area contributed by atoms with Crippen LogP contribution in [0.2, 0.25) is 0 Å². The predicted molar refractivity (Wildman–Crippen MR) is 74.7 cm³/mol. The van der Waals surface area contributed by atoms with Crippen LogP contribution < -0.4 is 5.63 Å². The summed E-state index contributed by atoms with van der Waals surface area (Å²) in [6.07, 6.45) is 0. The molecule has 0 radical (unpaired) electrons. The minimum absolute atomic E-state index is 0.0994. The second-order valence-electron chi connectivity index (χ2n) is 4.75. The number of phenols is 1. The van der Waals surface area contributed by atoms with Gasteiger partial charge in [0.2, 0.25) is 0 Å². The van der Waals surface area contributed by atoms with Gasteiger partial charge in [-0.05, 0) is 13.8 Å². The number of carbonyl (C=O) groups is 1. The predicted octanol–water partition coefficient (Wildman–Crippen LogP) is 2.65. The fraction of sp³-hybridized carbons (Fsp3) is 0.200. The van der Waals surface area contributed by atoms with E-state index < -0.39 is 11.6 Å². The molecule has 1 N–H and O–H groups in total. The van der Waals surface area contributed by atoms with Crippen molar-refractivity contribution >= 4 is 27.9 Å². The van der Waals surface area contributed by atoms with E-state index in [-0.39, 0.29) is 22.3 Å². The Hall–Kier alpha value is -2.76. The maximum atomic E-state index is 12.1. The standard InChI is InChI=1S/C15H12O6/c1-6-4-9-13(15(18)20-6)12-10(21-9)5-8(16)7(2)11(12)14(17)19-3/h4-5,16H,1-3H3. The summed E-state index contributed by atoms with van der Waals surface area (Å²) < 4.78 is 15.4. The number of carbonyl (C=O) groups excluding carboxylic acids is 1. The fourth-order valence-corrected chi connectivity index (χ4v) is 2.44. The average Bonchev–Trinajstić information content (AvgIpc) is 2.76. The second-order valence-corrected chi connectivity index (χ2v) is 4.75. The summed E-state index contributed by atoms with van der Waals surface area (Å²) in [6, 6.07) is 2.93. The quantitative estimate of drug-likeness (QED) is 0.692. The minimum Gasteiger partial charge on any atom is -0.508 e. The van der Waals surface area contributed by atoms with Crippen molar-refractivity contribution in [2.75, 3.05) is 7.11 Å². The summed E-state index contributed by atoms with van der Waals surface area (Å²) in [5.41, 5.74) is 0.346. The van der Waals surface area contributed by atoms with E-state index in [1.807, 2.05) is 0 Å². The highest BCUT2D eigenvalue weighted by molar-refractivity contribution is 6.16. The van der Waals surface area contributed by atoms with Crippen LogP contribution in [0.15, 0.2) is 25.8 Å². The zero-order chi connectivity index (χ0) is 15.3. The highest BCUT2D eigenvalue weighted by atomic mass is 16.5. The molecule has 6 heteroatoms. The third-order valence-corrected chi connectivity index (χ3v) is 3.42. The molecular formula is C15H12O6. The van der Waals surface area contributed by atoms with Crippen LogP contribution in [0.4, 0.5) is 0 Å². The number of ether oxygens (including phenoxy) is 1. The maximum Gasteiger partial charge on any atom is 0.347 e. The largest absolute Gasteiger partial charge is 0.508 e. The van der Waals surface area contributed by atoms with E-state index in [9.17, 15) is 14.7 Å². The second kappa shape index (κ2) is 4.37. The number of furan rings is 1. The highest BCUT2D eigenvalue weighted by Crippen LogP contribution is 2.36. The zero-order valence-electron chi connectivity index (χ0n) is 11.6. The molecule has 3 rings (SSSR count). The number of aromatic hydroxyl groups is 1. The van der Waals surface area contributed by atoms with Gasteiger partial charge in [0.15, 0.2) is 0 Å². The van der Waals surface area contributed by atoms with Crippen molar-refractivity contribution in [1.82, 2.24) is 0 Å². The first-order valence-electron chi connectivity index (χ1n) is 6.22. The Morgan fingerprint density at radius 1 is 1.14 bits per heavy atom. The molecule has 0 fully saturated rings. The van der Waals surface area contributed by atoms with Gasteiger partial charge in [0.1, 0.15) is 28.1 Å². The number of aryl methyl sites for hydroxylation is 1. The number of fused-ring (bicyclic) bond motifs is 3. The van der Waals surface area contributed by atoms with E-state index in [0.717, 1.165) is 0 Å². The molecule has 6 nitrogen and oxygen atoms in total. The molecule has 0 unspecified atom stereocenters. The lowest BCUT2D eigenvalue weighted by Gasteiger charge is -2.07. The van der Waals surface area contributed by atoms with E-state index in [1.54, 1.807) is 19.9 Å². The Morgan fingerprint density at radius 2 is 1.81 bits per heavy atom. The lowest BCUT2D eigenvalue weighted by atomic mass is 10.0. The molecule has 0 aliphatic heterocycles. The van der Waals surface area contributed by atoms with E-state index >= 15 is 0 Å². The SMILES string of the molecule is COC(=O)c1c(C)c(O)cc2oc3cc(C)oc(=O)c3c12. The van der Waals surface area contributed by atoms with Gasteiger partial charge in [-0.25, -0.2) is 9.59 Å². The van der Waals surface area contributed by atoms with Crippen molar-refractivity contribution in [3.63, 3.8) is 0 Å². The van der Waals surface area contributed by atoms with Crippen molar-refractivity contribution < 1.29 is 23.5 Å². The summed E-state index contributed by atoms with van der Waals surface area (Å²) in [6.45, 7) is 3.19. The average molecular weight is 288 g/mol. The van der Waals surface area contributed by atoms with Gasteiger partial charge in [0.05, 0.1) is 18.1 Å². The summed E-state index contributed by atoms with van der Waals surface area (Å²) in [5, 5.41) is 10.4. The molecule has 0 atom stereocenters. The third kappa shape index (κ3) is 1.79. The molecule has 108 valence electrons. The smallest absolute Gasteiger partial charge is 0.347 e. The summed E-state index contributed by atoms with van der Waals surface area (Å²) in [7, 11) is 1.23. The van der Waals surface area contributed by atoms with Crippen molar-refractivity contribution in [2.24, 2.45) is 0 Å². The number of benzene rings is 1. The van der Waals surface area contributed by atoms with Crippen molar-refractivity contribution in [3.8, 4) is 5.75 Å². The van der Waals surface area contributed by atoms with Crippen molar-refractivity contribution in [3.05, 3.63) is 39.4 Å². The van der Waals surface area contributed by atoms with Crippen LogP contribution in [-0.4, -0.2) is 18.2 Å². The topological polar surface area (TPSA) is 89.9 Å². The molecule has 0 spiro atoms. The summed E-state index contributed by atoms with van der Waals surface area (Å²) in [5.74, 6) is -0.369. The molecule has 3 aromatic rings. The Kier molecular flexibility index (Phi) is 2.76. The van der Waals surface area contributed by atoms with Gasteiger partial charge in [0.25, 0.3) is 0 Å². The lowest BCUT2D eigenvalue weighted by molar-refractivity contribution is 0.0601. The van der Waals surface area contributed by atoms with E-state index in [1.165, 1.54) is 13.2 Å². The van der Waals surface area contributed by atoms with Gasteiger partial charge in [-0.3, -0.25) is 0 Å². The first kappa shape index (κ1) is 13.2. The molecule has 1 aromatic carbocycles. The van der Waals surface area contributed by atoms with Crippen LogP contribution in [0.5, 0.6) is 5.75 Å². The van der Waals surface area contributed by atoms with E-state index in [0.29, 0.717) is 22.3 Å². The number of phenolic OH excluding ortho intramolecular Hbond substituents is 1. The van der Waals surface area contributed by atoms with Crippen molar-refractivity contribution in [1.29, 1.82) is 0 Å². The van der Waals surface area contributed by atoms with Gasteiger partial charge < -0.3 is 18.7 Å². The maximum absolute atomic E-state index is 12.1. The van der Waals surface area contributed by atoms with Crippen LogP contribution in [0, 0.1) is 13.8 Å². The summed E-state index contributed by atoms with van der Waals surface area (Å²) in [4.78, 5) is 24.1. The normalized spacial score (nSPS) is 11.2. The molecule has 0 saturated heterocycles. The zero-order valence-corrected chi connectivity index (χ0v) is 11.6. The number of hydrogen-bond acceptors (Lipinski definition) is 6. The lowest BCUT2D eigenvalue weighted by Crippen LogP contribution is -2.06. The minimum atomic E-state index is -0.656. The first-order chi connectivity index (χ1) is 9.93. The molecule has 0 bridgehead atoms. The molecule has 0 saturated carbocycles. The van der Waals surface area contributed by atoms with Gasteiger partial charge in [-0.2, -0.15) is 0 Å². The summed E-state index contributed by atoms with van der Waals surface area (Å²) >= 11 is 0. The molecule has 2 heterocycles. The van der Waals surface area contributed by atoms with E-state index in [4.69, 9.17) is 13.6 Å². The van der Waals surface area contributed by atoms with Crippen LogP contribution >= 0.6 is 0 Å². The fourth-order valence-electron chi connectivity index (χ4n) is 2.44. The monoisotopic (exact) mass is 288 g/mol. The number of esters is 1. The van der Waals surface area contributed by atoms with Crippen LogP contribution in [0.3, 0.4) is 0 Å². The first-order valence-corrected chi connectivity index (χ1v) is 6.22. The van der Waals surface area contributed by atoms with Crippen LogP contribution in [-0.2, 0) is 4.74 Å². The van der Waals surface area contributed by atoms with Gasteiger partial charge in [-0.1, -0.05) is 0 Å². The van der Waals surface area contributed by atoms with Gasteiger partial charge >= 0.3 is 11.6 Å². The Morgan fingerprint density at radius 3 is 2.48 bits per heavy atom. The molecule has 0 aliphatic rings. The molecule has 2 aromatic heterocycles. The van der Waals surface area contributed by atoms with E-state index in [2.05, 4.69) is 0 Å². The van der Waals surface area contributed by atoms with Crippen molar-refractivity contribution in [2.45, 2.75) is 13.8 Å².